The number of furan rings is 1. The number of ether oxygens (including phenoxy) is 1. The van der Waals surface area contributed by atoms with Crippen LogP contribution in [0.15, 0.2) is 71.5 Å². The number of hydrogen-bond donors (Lipinski definition) is 2. The molecule has 0 spiro atoms. The van der Waals surface area contributed by atoms with Gasteiger partial charge in [0, 0.05) is 18.7 Å². The Morgan fingerprint density at radius 2 is 1.97 bits per heavy atom. The number of nitrogens with zero attached hydrogens (tertiary/aromatic N) is 3. The predicted molar refractivity (Wildman–Crippen MR) is 130 cm³/mol. The summed E-state index contributed by atoms with van der Waals surface area (Å²) in [4.78, 5) is 36.4. The summed E-state index contributed by atoms with van der Waals surface area (Å²) in [5.74, 6) is -0.151. The van der Waals surface area contributed by atoms with E-state index in [1.54, 1.807) is 62.5 Å². The summed E-state index contributed by atoms with van der Waals surface area (Å²) >= 11 is 0. The van der Waals surface area contributed by atoms with Crippen molar-refractivity contribution in [1.29, 1.82) is 0 Å². The van der Waals surface area contributed by atoms with Crippen molar-refractivity contribution < 1.29 is 23.7 Å². The van der Waals surface area contributed by atoms with Crippen molar-refractivity contribution >= 4 is 23.2 Å². The number of aryl methyl sites for hydroxylation is 2. The Kier molecular flexibility index (Phi) is 7.10. The van der Waals surface area contributed by atoms with Crippen LogP contribution in [0, 0.1) is 17.0 Å². The van der Waals surface area contributed by atoms with Gasteiger partial charge in [0.1, 0.15) is 18.1 Å². The first-order chi connectivity index (χ1) is 17.3. The molecule has 2 amide bonds. The molecule has 184 valence electrons. The molecule has 0 aliphatic heterocycles. The van der Waals surface area contributed by atoms with Crippen LogP contribution in [-0.2, 0) is 20.2 Å². The van der Waals surface area contributed by atoms with Crippen LogP contribution in [0.1, 0.15) is 37.7 Å². The Labute approximate surface area is 205 Å². The molecule has 0 saturated carbocycles. The largest absolute Gasteiger partial charge is 0.482 e. The Morgan fingerprint density at radius 3 is 2.72 bits per heavy atom. The normalized spacial score (nSPS) is 10.6. The van der Waals surface area contributed by atoms with Gasteiger partial charge in [-0.15, -0.1) is 0 Å². The van der Waals surface area contributed by atoms with E-state index in [1.807, 2.05) is 0 Å². The van der Waals surface area contributed by atoms with E-state index in [4.69, 9.17) is 9.15 Å². The molecule has 0 radical (unpaired) electrons. The summed E-state index contributed by atoms with van der Waals surface area (Å²) in [5.41, 5.74) is 2.01. The number of nitro benzene ring substituents is 1. The summed E-state index contributed by atoms with van der Waals surface area (Å²) in [6.45, 7) is 1.97. The Bertz CT molecular complexity index is 1410. The fraction of sp³-hybridized carbons (Fsp3) is 0.160. The molecule has 0 fully saturated rings. The topological polar surface area (TPSA) is 142 Å². The third-order valence-corrected chi connectivity index (χ3v) is 5.30. The van der Waals surface area contributed by atoms with Crippen molar-refractivity contribution in [2.75, 3.05) is 5.32 Å². The van der Waals surface area contributed by atoms with Gasteiger partial charge in [-0.1, -0.05) is 18.2 Å². The molecule has 2 aromatic carbocycles. The first-order valence-electron chi connectivity index (χ1n) is 10.9. The Morgan fingerprint density at radius 1 is 1.14 bits per heavy atom. The maximum atomic E-state index is 12.9. The van der Waals surface area contributed by atoms with Crippen molar-refractivity contribution in [2.24, 2.45) is 7.05 Å². The van der Waals surface area contributed by atoms with Crippen molar-refractivity contribution in [1.82, 2.24) is 15.1 Å². The van der Waals surface area contributed by atoms with Crippen LogP contribution in [0.3, 0.4) is 0 Å². The predicted octanol–water partition coefficient (Wildman–Crippen LogP) is 3.99. The fourth-order valence-electron chi connectivity index (χ4n) is 3.51. The number of benzene rings is 2. The third kappa shape index (κ3) is 5.58. The van der Waals surface area contributed by atoms with Crippen molar-refractivity contribution in [3.05, 3.63) is 105 Å². The molecule has 4 rings (SSSR count). The fourth-order valence-corrected chi connectivity index (χ4v) is 3.51. The smallest absolute Gasteiger partial charge is 0.311 e. The minimum absolute atomic E-state index is 0.0261. The molecule has 2 N–H and O–H groups in total. The summed E-state index contributed by atoms with van der Waals surface area (Å²) in [6, 6.07) is 14.8. The summed E-state index contributed by atoms with van der Waals surface area (Å²) in [5, 5.41) is 20.8. The Hall–Kier alpha value is -4.93. The van der Waals surface area contributed by atoms with Crippen LogP contribution in [0.4, 0.5) is 11.4 Å². The highest BCUT2D eigenvalue weighted by atomic mass is 16.6. The van der Waals surface area contributed by atoms with E-state index in [9.17, 15) is 19.7 Å². The van der Waals surface area contributed by atoms with Crippen LogP contribution in [0.25, 0.3) is 0 Å². The zero-order chi connectivity index (χ0) is 25.7. The standard InChI is InChI=1S/C25H23N5O6/c1-16-8-9-22(21(11-16)30(33)34)36-15-17-5-3-6-18(12-17)24(31)28-20-14-27-29(2)23(20)25(32)26-13-19-7-4-10-35-19/h3-12,14H,13,15H2,1-2H3,(H,26,32)(H,28,31). The number of hydrogen-bond acceptors (Lipinski definition) is 7. The lowest BCUT2D eigenvalue weighted by atomic mass is 10.1. The number of aromatic nitrogens is 2. The molecule has 11 heteroatoms. The van der Waals surface area contributed by atoms with E-state index in [2.05, 4.69) is 15.7 Å². The minimum atomic E-state index is -0.498. The van der Waals surface area contributed by atoms with Gasteiger partial charge in [-0.05, 0) is 48.4 Å². The Balaban J connectivity index is 1.44. The van der Waals surface area contributed by atoms with E-state index in [0.717, 1.165) is 5.56 Å². The second-order valence-corrected chi connectivity index (χ2v) is 7.96. The second-order valence-electron chi connectivity index (χ2n) is 7.96. The molecule has 0 aliphatic rings. The van der Waals surface area contributed by atoms with Gasteiger partial charge >= 0.3 is 5.69 Å². The van der Waals surface area contributed by atoms with Crippen LogP contribution in [0.2, 0.25) is 0 Å². The molecule has 0 bridgehead atoms. The van der Waals surface area contributed by atoms with Crippen LogP contribution in [0.5, 0.6) is 5.75 Å². The molecule has 0 unspecified atom stereocenters. The molecule has 0 atom stereocenters. The summed E-state index contributed by atoms with van der Waals surface area (Å²) in [7, 11) is 1.60. The highest BCUT2D eigenvalue weighted by Gasteiger charge is 2.20. The highest BCUT2D eigenvalue weighted by molar-refractivity contribution is 6.08. The van der Waals surface area contributed by atoms with Gasteiger partial charge in [0.15, 0.2) is 5.75 Å². The van der Waals surface area contributed by atoms with Gasteiger partial charge in [0.2, 0.25) is 0 Å². The van der Waals surface area contributed by atoms with E-state index >= 15 is 0 Å². The average Bonchev–Trinajstić information content (AvgIpc) is 3.51. The quantitative estimate of drug-likeness (QED) is 0.267. The van der Waals surface area contributed by atoms with Gasteiger partial charge in [-0.2, -0.15) is 5.10 Å². The number of amides is 2. The van der Waals surface area contributed by atoms with E-state index < -0.39 is 16.7 Å². The van der Waals surface area contributed by atoms with Gasteiger partial charge < -0.3 is 19.8 Å². The number of carbonyl (C=O) groups excluding carboxylic acids is 2. The van der Waals surface area contributed by atoms with Crippen LogP contribution < -0.4 is 15.4 Å². The van der Waals surface area contributed by atoms with Gasteiger partial charge in [-0.3, -0.25) is 24.4 Å². The van der Waals surface area contributed by atoms with Gasteiger partial charge in [0.05, 0.1) is 29.6 Å². The number of anilines is 1. The van der Waals surface area contributed by atoms with Gasteiger partial charge in [0.25, 0.3) is 11.8 Å². The van der Waals surface area contributed by atoms with Crippen molar-refractivity contribution in [2.45, 2.75) is 20.1 Å². The first kappa shape index (κ1) is 24.2. The molecule has 0 aliphatic carbocycles. The first-order valence-corrected chi connectivity index (χ1v) is 10.9. The zero-order valence-corrected chi connectivity index (χ0v) is 19.6. The molecule has 4 aromatic rings. The molecular weight excluding hydrogens is 466 g/mol. The lowest BCUT2D eigenvalue weighted by Gasteiger charge is -2.10. The molecule has 2 heterocycles. The third-order valence-electron chi connectivity index (χ3n) is 5.30. The minimum Gasteiger partial charge on any atom is -0.482 e. The van der Waals surface area contributed by atoms with E-state index in [0.29, 0.717) is 16.9 Å². The summed E-state index contributed by atoms with van der Waals surface area (Å²) in [6.07, 6.45) is 2.90. The van der Waals surface area contributed by atoms with Crippen LogP contribution >= 0.6 is 0 Å². The van der Waals surface area contributed by atoms with E-state index in [1.165, 1.54) is 23.2 Å². The number of nitro groups is 1. The summed E-state index contributed by atoms with van der Waals surface area (Å²) < 4.78 is 12.2. The lowest BCUT2D eigenvalue weighted by molar-refractivity contribution is -0.386. The van der Waals surface area contributed by atoms with Gasteiger partial charge in [-0.25, -0.2) is 0 Å². The molecule has 36 heavy (non-hydrogen) atoms. The molecule has 0 saturated heterocycles. The average molecular weight is 489 g/mol. The van der Waals surface area contributed by atoms with Crippen LogP contribution in [-0.4, -0.2) is 26.5 Å². The number of carbonyl (C=O) groups is 2. The SMILES string of the molecule is Cc1ccc(OCc2cccc(C(=O)Nc3cnn(C)c3C(=O)NCc3ccco3)c2)c([N+](=O)[O-])c1. The molecule has 2 aromatic heterocycles. The van der Waals surface area contributed by atoms with Crippen molar-refractivity contribution in [3.63, 3.8) is 0 Å². The molecule has 11 nitrogen and oxygen atoms in total. The maximum Gasteiger partial charge on any atom is 0.311 e. The second kappa shape index (κ2) is 10.6. The maximum absolute atomic E-state index is 12.9. The lowest BCUT2D eigenvalue weighted by Crippen LogP contribution is -2.26. The highest BCUT2D eigenvalue weighted by Crippen LogP contribution is 2.28. The number of rotatable bonds is 9. The van der Waals surface area contributed by atoms with Crippen molar-refractivity contribution in [3.8, 4) is 5.75 Å². The monoisotopic (exact) mass is 489 g/mol. The zero-order valence-electron chi connectivity index (χ0n) is 19.6. The molecular formula is C25H23N5O6. The number of nitrogens with one attached hydrogen (secondary N) is 2. The van der Waals surface area contributed by atoms with E-state index in [-0.39, 0.29) is 36.0 Å².